The number of nitrogens with two attached hydrogens (primary N) is 1. The Labute approximate surface area is 76.2 Å². The minimum Gasteiger partial charge on any atom is -0.477 e. The van der Waals surface area contributed by atoms with Gasteiger partial charge in [0.2, 0.25) is 0 Å². The number of rotatable bonds is 2. The highest BCUT2D eigenvalue weighted by molar-refractivity contribution is 5.86. The fourth-order valence-corrected chi connectivity index (χ4v) is 0.824. The maximum absolute atomic E-state index is 12.8. The Hall–Kier alpha value is -1.79. The van der Waals surface area contributed by atoms with E-state index in [1.54, 1.807) is 0 Å². The zero-order chi connectivity index (χ0) is 10.9. The van der Waals surface area contributed by atoms with Crippen molar-refractivity contribution in [3.63, 3.8) is 0 Å². The van der Waals surface area contributed by atoms with Crippen LogP contribution < -0.4 is 5.73 Å². The Morgan fingerprint density at radius 3 is 2.57 bits per heavy atom. The summed E-state index contributed by atoms with van der Waals surface area (Å²) in [7, 11) is 0. The molecule has 0 amide bonds. The summed E-state index contributed by atoms with van der Waals surface area (Å²) in [6.45, 7) is 0. The van der Waals surface area contributed by atoms with Crippen LogP contribution in [0.5, 0.6) is 0 Å². The Balaban J connectivity index is 3.35. The lowest BCUT2D eigenvalue weighted by Crippen LogP contribution is -2.08. The summed E-state index contributed by atoms with van der Waals surface area (Å²) >= 11 is 0. The summed E-state index contributed by atoms with van der Waals surface area (Å²) in [5.74, 6) is -2.93. The van der Waals surface area contributed by atoms with Crippen LogP contribution in [0.25, 0.3) is 0 Å². The van der Waals surface area contributed by atoms with E-state index < -0.39 is 35.3 Å². The molecule has 0 saturated carbocycles. The first kappa shape index (κ1) is 10.3. The number of alkyl halides is 2. The molecule has 0 aromatic carbocycles. The van der Waals surface area contributed by atoms with Gasteiger partial charge in [-0.2, -0.15) is 0 Å². The number of pyridine rings is 1. The van der Waals surface area contributed by atoms with Crippen molar-refractivity contribution in [2.75, 3.05) is 5.73 Å². The van der Waals surface area contributed by atoms with Crippen LogP contribution in [0.4, 0.5) is 18.9 Å². The quantitative estimate of drug-likeness (QED) is 0.767. The number of aromatic nitrogens is 1. The normalized spacial score (nSPS) is 10.6. The highest BCUT2D eigenvalue weighted by atomic mass is 19.3. The van der Waals surface area contributed by atoms with Crippen LogP contribution in [-0.4, -0.2) is 16.1 Å². The number of nitrogens with zero attached hydrogens (tertiary/aromatic N) is 1. The van der Waals surface area contributed by atoms with E-state index in [0.29, 0.717) is 6.07 Å². The van der Waals surface area contributed by atoms with Crippen molar-refractivity contribution in [1.29, 1.82) is 0 Å². The molecule has 0 saturated heterocycles. The van der Waals surface area contributed by atoms with Crippen molar-refractivity contribution in [1.82, 2.24) is 4.98 Å². The predicted molar refractivity (Wildman–Crippen MR) is 40.5 cm³/mol. The standard InChI is InChI=1S/C7H5F3N2O2/c8-4-2(11)1-3(7(13)14)12-5(4)6(9)10/h1,6H,(H2,11,12)(H,13,14). The Bertz CT molecular complexity index is 381. The SMILES string of the molecule is Nc1cc(C(=O)O)nc(C(F)F)c1F. The van der Waals surface area contributed by atoms with E-state index in [9.17, 15) is 18.0 Å². The average Bonchev–Trinajstić information content (AvgIpc) is 2.08. The molecule has 0 radical (unpaired) electrons. The van der Waals surface area contributed by atoms with E-state index in [1.165, 1.54) is 0 Å². The van der Waals surface area contributed by atoms with Crippen molar-refractivity contribution in [2.24, 2.45) is 0 Å². The monoisotopic (exact) mass is 206 g/mol. The highest BCUT2D eigenvalue weighted by Gasteiger charge is 2.20. The molecule has 1 rings (SSSR count). The molecular formula is C7H5F3N2O2. The second kappa shape index (κ2) is 3.52. The number of carboxylic acid groups (broad SMARTS) is 1. The number of halogens is 3. The van der Waals surface area contributed by atoms with Gasteiger partial charge in [-0.25, -0.2) is 22.9 Å². The second-order valence-corrected chi connectivity index (χ2v) is 2.40. The molecule has 1 aromatic rings. The zero-order valence-electron chi connectivity index (χ0n) is 6.67. The number of nitrogen functional groups attached to an aromatic ring is 1. The number of carbonyl (C=O) groups is 1. The van der Waals surface area contributed by atoms with Gasteiger partial charge in [0, 0.05) is 0 Å². The Morgan fingerprint density at radius 2 is 2.14 bits per heavy atom. The van der Waals surface area contributed by atoms with Crippen LogP contribution >= 0.6 is 0 Å². The molecule has 0 aliphatic carbocycles. The third kappa shape index (κ3) is 1.76. The predicted octanol–water partition coefficient (Wildman–Crippen LogP) is 1.44. The van der Waals surface area contributed by atoms with Gasteiger partial charge in [-0.15, -0.1) is 0 Å². The molecule has 0 aliphatic rings. The van der Waals surface area contributed by atoms with Crippen molar-refractivity contribution >= 4 is 11.7 Å². The molecule has 76 valence electrons. The van der Waals surface area contributed by atoms with Crippen LogP contribution in [0.15, 0.2) is 6.07 Å². The molecule has 1 aromatic heterocycles. The summed E-state index contributed by atoms with van der Waals surface area (Å²) < 4.78 is 37.0. The average molecular weight is 206 g/mol. The highest BCUT2D eigenvalue weighted by Crippen LogP contribution is 2.24. The van der Waals surface area contributed by atoms with Gasteiger partial charge >= 0.3 is 5.97 Å². The lowest BCUT2D eigenvalue weighted by atomic mass is 10.2. The van der Waals surface area contributed by atoms with Crippen LogP contribution in [0.2, 0.25) is 0 Å². The molecule has 0 atom stereocenters. The van der Waals surface area contributed by atoms with E-state index in [4.69, 9.17) is 10.8 Å². The lowest BCUT2D eigenvalue weighted by molar-refractivity contribution is 0.0688. The van der Waals surface area contributed by atoms with Crippen LogP contribution in [0, 0.1) is 5.82 Å². The molecule has 0 unspecified atom stereocenters. The summed E-state index contributed by atoms with van der Waals surface area (Å²) in [4.78, 5) is 13.3. The summed E-state index contributed by atoms with van der Waals surface area (Å²) in [5, 5.41) is 8.42. The van der Waals surface area contributed by atoms with Gasteiger partial charge in [-0.05, 0) is 6.07 Å². The molecule has 7 heteroatoms. The van der Waals surface area contributed by atoms with Crippen LogP contribution in [-0.2, 0) is 0 Å². The number of anilines is 1. The van der Waals surface area contributed by atoms with Gasteiger partial charge in [0.05, 0.1) is 5.69 Å². The molecule has 0 bridgehead atoms. The van der Waals surface area contributed by atoms with Gasteiger partial charge in [-0.3, -0.25) is 0 Å². The van der Waals surface area contributed by atoms with Crippen molar-refractivity contribution in [3.05, 3.63) is 23.3 Å². The first-order valence-electron chi connectivity index (χ1n) is 3.41. The smallest absolute Gasteiger partial charge is 0.354 e. The summed E-state index contributed by atoms with van der Waals surface area (Å²) in [6, 6.07) is 0.684. The molecule has 0 spiro atoms. The summed E-state index contributed by atoms with van der Waals surface area (Å²) in [5.41, 5.74) is 2.37. The topological polar surface area (TPSA) is 76.2 Å². The molecule has 4 nitrogen and oxygen atoms in total. The van der Waals surface area contributed by atoms with Crippen molar-refractivity contribution < 1.29 is 23.1 Å². The van der Waals surface area contributed by atoms with E-state index >= 15 is 0 Å². The van der Waals surface area contributed by atoms with Gasteiger partial charge in [0.15, 0.2) is 11.5 Å². The molecule has 0 aliphatic heterocycles. The minimum atomic E-state index is -3.20. The third-order valence-corrected chi connectivity index (χ3v) is 1.44. The molecular weight excluding hydrogens is 201 g/mol. The van der Waals surface area contributed by atoms with E-state index in [-0.39, 0.29) is 0 Å². The second-order valence-electron chi connectivity index (χ2n) is 2.40. The minimum absolute atomic E-state index is 0.660. The molecule has 1 heterocycles. The van der Waals surface area contributed by atoms with Gasteiger partial charge < -0.3 is 10.8 Å². The maximum Gasteiger partial charge on any atom is 0.354 e. The van der Waals surface area contributed by atoms with Gasteiger partial charge in [0.25, 0.3) is 6.43 Å². The first-order chi connectivity index (χ1) is 6.43. The lowest BCUT2D eigenvalue weighted by Gasteiger charge is -2.04. The molecule has 0 fully saturated rings. The largest absolute Gasteiger partial charge is 0.477 e. The fraction of sp³-hybridized carbons (Fsp3) is 0.143. The van der Waals surface area contributed by atoms with E-state index in [2.05, 4.69) is 4.98 Å². The third-order valence-electron chi connectivity index (χ3n) is 1.44. The number of hydrogen-bond donors (Lipinski definition) is 2. The number of hydrogen-bond acceptors (Lipinski definition) is 3. The molecule has 14 heavy (non-hydrogen) atoms. The fourth-order valence-electron chi connectivity index (χ4n) is 0.824. The first-order valence-corrected chi connectivity index (χ1v) is 3.41. The van der Waals surface area contributed by atoms with Gasteiger partial charge in [0.1, 0.15) is 5.69 Å². The maximum atomic E-state index is 12.8. The number of carboxylic acids is 1. The zero-order valence-corrected chi connectivity index (χ0v) is 6.67. The Kier molecular flexibility index (Phi) is 2.59. The van der Waals surface area contributed by atoms with Gasteiger partial charge in [-0.1, -0.05) is 0 Å². The van der Waals surface area contributed by atoms with Crippen LogP contribution in [0.1, 0.15) is 22.6 Å². The van der Waals surface area contributed by atoms with E-state index in [0.717, 1.165) is 0 Å². The van der Waals surface area contributed by atoms with E-state index in [1.807, 2.05) is 0 Å². The van der Waals surface area contributed by atoms with Crippen molar-refractivity contribution in [3.8, 4) is 0 Å². The summed E-state index contributed by atoms with van der Waals surface area (Å²) in [6.07, 6.45) is -3.20. The van der Waals surface area contributed by atoms with Crippen molar-refractivity contribution in [2.45, 2.75) is 6.43 Å². The Morgan fingerprint density at radius 1 is 1.57 bits per heavy atom. The molecule has 3 N–H and O–H groups in total. The number of aromatic carboxylic acids is 1. The van der Waals surface area contributed by atoms with Crippen LogP contribution in [0.3, 0.4) is 0 Å².